The molecule has 5 nitrogen and oxygen atoms in total. The summed E-state index contributed by atoms with van der Waals surface area (Å²) in [5.41, 5.74) is 2.01. The quantitative estimate of drug-likeness (QED) is 0.764. The number of imidazole rings is 1. The van der Waals surface area contributed by atoms with Gasteiger partial charge in [0.2, 0.25) is 5.91 Å². The molecule has 4 rings (SSSR count). The van der Waals surface area contributed by atoms with Crippen molar-refractivity contribution in [1.82, 2.24) is 20.2 Å². The highest BCUT2D eigenvalue weighted by atomic mass is 35.5. The van der Waals surface area contributed by atoms with Crippen LogP contribution in [0.2, 0.25) is 5.02 Å². The van der Waals surface area contributed by atoms with Crippen molar-refractivity contribution in [1.29, 1.82) is 0 Å². The first-order chi connectivity index (χ1) is 13.1. The Hall–Kier alpha value is -1.85. The van der Waals surface area contributed by atoms with Crippen molar-refractivity contribution in [3.63, 3.8) is 0 Å². The Labute approximate surface area is 165 Å². The second-order valence-corrected chi connectivity index (χ2v) is 8.28. The number of nitrogens with zero attached hydrogens (tertiary/aromatic N) is 2. The molecule has 144 valence electrons. The zero-order chi connectivity index (χ0) is 18.9. The van der Waals surface area contributed by atoms with Crippen LogP contribution >= 0.6 is 11.6 Å². The van der Waals surface area contributed by atoms with Gasteiger partial charge in [-0.05, 0) is 43.4 Å². The van der Waals surface area contributed by atoms with Crippen molar-refractivity contribution in [2.24, 2.45) is 5.41 Å². The number of carbonyl (C=O) groups is 1. The molecule has 2 aliphatic rings. The van der Waals surface area contributed by atoms with E-state index in [4.69, 9.17) is 11.6 Å². The van der Waals surface area contributed by atoms with E-state index in [-0.39, 0.29) is 11.3 Å². The average molecular weight is 387 g/mol. The van der Waals surface area contributed by atoms with Crippen LogP contribution in [-0.2, 0) is 17.8 Å². The normalized spacial score (nSPS) is 27.2. The summed E-state index contributed by atoms with van der Waals surface area (Å²) in [5, 5.41) is 3.97. The van der Waals surface area contributed by atoms with Gasteiger partial charge in [0.1, 0.15) is 0 Å². The van der Waals surface area contributed by atoms with Gasteiger partial charge >= 0.3 is 0 Å². The number of halogens is 1. The van der Waals surface area contributed by atoms with E-state index in [9.17, 15) is 4.79 Å². The van der Waals surface area contributed by atoms with Gasteiger partial charge in [-0.2, -0.15) is 0 Å². The molecular formula is C21H27ClN4O. The van der Waals surface area contributed by atoms with Crippen LogP contribution in [0.3, 0.4) is 0 Å². The number of hydrogen-bond acceptors (Lipinski definition) is 3. The molecular weight excluding hydrogens is 360 g/mol. The number of aromatic nitrogens is 2. The minimum absolute atomic E-state index is 0.216. The Morgan fingerprint density at radius 2 is 2.33 bits per heavy atom. The topological polar surface area (TPSA) is 61.0 Å². The molecule has 6 heteroatoms. The first-order valence-electron chi connectivity index (χ1n) is 9.88. The minimum Gasteiger partial charge on any atom is -0.355 e. The summed E-state index contributed by atoms with van der Waals surface area (Å²) in [4.78, 5) is 22.8. The fourth-order valence-corrected chi connectivity index (χ4v) is 5.30. The van der Waals surface area contributed by atoms with E-state index in [2.05, 4.69) is 33.2 Å². The Bertz CT molecular complexity index is 793. The van der Waals surface area contributed by atoms with Crippen LogP contribution in [0.1, 0.15) is 43.9 Å². The van der Waals surface area contributed by atoms with E-state index in [0.29, 0.717) is 18.6 Å². The van der Waals surface area contributed by atoms with Gasteiger partial charge in [0.15, 0.2) is 0 Å². The molecule has 2 saturated heterocycles. The summed E-state index contributed by atoms with van der Waals surface area (Å²) in [6.45, 7) is 3.68. The second kappa shape index (κ2) is 7.64. The van der Waals surface area contributed by atoms with Crippen molar-refractivity contribution in [2.75, 3.05) is 6.54 Å². The molecule has 2 N–H and O–H groups in total. The third-order valence-electron chi connectivity index (χ3n) is 6.45. The molecule has 2 bridgehead atoms. The van der Waals surface area contributed by atoms with Crippen LogP contribution in [0.4, 0.5) is 0 Å². The lowest BCUT2D eigenvalue weighted by Crippen LogP contribution is -2.49. The van der Waals surface area contributed by atoms with Crippen LogP contribution < -0.4 is 5.32 Å². The van der Waals surface area contributed by atoms with Gasteiger partial charge in [-0.25, -0.2) is 4.98 Å². The number of rotatable bonds is 7. The molecule has 0 spiro atoms. The van der Waals surface area contributed by atoms with Crippen LogP contribution in [-0.4, -0.2) is 39.4 Å². The maximum atomic E-state index is 13.2. The zero-order valence-electron chi connectivity index (χ0n) is 15.7. The summed E-state index contributed by atoms with van der Waals surface area (Å²) in [7, 11) is 0. The number of aromatic amines is 1. The summed E-state index contributed by atoms with van der Waals surface area (Å²) in [6.07, 6.45) is 8.41. The fourth-order valence-electron chi connectivity index (χ4n) is 5.08. The third-order valence-corrected chi connectivity index (χ3v) is 6.69. The highest BCUT2D eigenvalue weighted by molar-refractivity contribution is 6.30. The van der Waals surface area contributed by atoms with Gasteiger partial charge in [0.25, 0.3) is 0 Å². The molecule has 1 amide bonds. The Morgan fingerprint density at radius 3 is 3.07 bits per heavy atom. The molecule has 2 fully saturated rings. The van der Waals surface area contributed by atoms with E-state index in [1.165, 1.54) is 12.0 Å². The van der Waals surface area contributed by atoms with Crippen molar-refractivity contribution in [2.45, 2.75) is 57.7 Å². The van der Waals surface area contributed by atoms with E-state index in [1.54, 1.807) is 6.33 Å². The molecule has 0 radical (unpaired) electrons. The number of hydrogen-bond donors (Lipinski definition) is 2. The zero-order valence-corrected chi connectivity index (χ0v) is 16.5. The molecule has 3 atom stereocenters. The molecule has 0 saturated carbocycles. The van der Waals surface area contributed by atoms with Crippen molar-refractivity contribution >= 4 is 17.5 Å². The summed E-state index contributed by atoms with van der Waals surface area (Å²) >= 11 is 6.16. The Balaban J connectivity index is 1.44. The molecule has 2 aliphatic heterocycles. The Morgan fingerprint density at radius 1 is 1.44 bits per heavy atom. The van der Waals surface area contributed by atoms with Gasteiger partial charge in [0.05, 0.1) is 11.7 Å². The fraction of sp³-hybridized carbons (Fsp3) is 0.524. The van der Waals surface area contributed by atoms with Crippen molar-refractivity contribution in [3.8, 4) is 0 Å². The first kappa shape index (κ1) is 18.5. The van der Waals surface area contributed by atoms with Gasteiger partial charge in [0, 0.05) is 48.5 Å². The second-order valence-electron chi connectivity index (χ2n) is 7.85. The largest absolute Gasteiger partial charge is 0.355 e. The highest BCUT2D eigenvalue weighted by Gasteiger charge is 2.58. The van der Waals surface area contributed by atoms with Gasteiger partial charge < -0.3 is 10.3 Å². The van der Waals surface area contributed by atoms with Crippen LogP contribution in [0.15, 0.2) is 36.8 Å². The monoisotopic (exact) mass is 386 g/mol. The van der Waals surface area contributed by atoms with Crippen LogP contribution in [0, 0.1) is 5.41 Å². The number of fused-ring (bicyclic) bond motifs is 2. The molecule has 27 heavy (non-hydrogen) atoms. The van der Waals surface area contributed by atoms with Gasteiger partial charge in [-0.1, -0.05) is 30.7 Å². The summed E-state index contributed by atoms with van der Waals surface area (Å²) in [6, 6.07) is 8.89. The summed E-state index contributed by atoms with van der Waals surface area (Å²) < 4.78 is 0. The minimum atomic E-state index is -0.268. The lowest BCUT2D eigenvalue weighted by Gasteiger charge is -2.35. The lowest BCUT2D eigenvalue weighted by atomic mass is 9.71. The average Bonchev–Trinajstić information content (AvgIpc) is 3.38. The predicted octanol–water partition coefficient (Wildman–Crippen LogP) is 3.56. The molecule has 3 heterocycles. The summed E-state index contributed by atoms with van der Waals surface area (Å²) in [5.74, 6) is 0.216. The van der Waals surface area contributed by atoms with Crippen molar-refractivity contribution in [3.05, 3.63) is 53.1 Å². The third kappa shape index (κ3) is 3.50. The smallest absolute Gasteiger partial charge is 0.227 e. The first-order valence-corrected chi connectivity index (χ1v) is 10.3. The number of nitrogens with one attached hydrogen (secondary N) is 2. The standard InChI is InChI=1S/C21H27ClN4O/c1-2-21(20(27)24-9-8-17-12-23-14-25-17)11-18-6-7-19(21)26(18)13-15-4-3-5-16(22)10-15/h3-5,10,12,14,18-19H,2,6-9,11,13H2,1H3,(H,23,25)(H,24,27)/t18-,19+,21+/m0/s1. The highest BCUT2D eigenvalue weighted by Crippen LogP contribution is 2.52. The number of H-pyrrole nitrogens is 1. The number of benzene rings is 1. The maximum absolute atomic E-state index is 13.2. The SMILES string of the molecule is CC[C@@]1(C(=O)NCCc2cnc[nH]2)C[C@@H]2CC[C@H]1N2Cc1cccc(Cl)c1. The Kier molecular flexibility index (Phi) is 5.24. The van der Waals surface area contributed by atoms with E-state index in [0.717, 1.165) is 42.9 Å². The predicted molar refractivity (Wildman–Crippen MR) is 106 cm³/mol. The number of carbonyl (C=O) groups excluding carboxylic acids is 1. The maximum Gasteiger partial charge on any atom is 0.227 e. The molecule has 1 aromatic heterocycles. The lowest BCUT2D eigenvalue weighted by molar-refractivity contribution is -0.133. The molecule has 0 aliphatic carbocycles. The molecule has 1 aromatic carbocycles. The van der Waals surface area contributed by atoms with Gasteiger partial charge in [-0.3, -0.25) is 9.69 Å². The van der Waals surface area contributed by atoms with Crippen LogP contribution in [0.25, 0.3) is 0 Å². The van der Waals surface area contributed by atoms with Gasteiger partial charge in [-0.15, -0.1) is 0 Å². The van der Waals surface area contributed by atoms with E-state index < -0.39 is 0 Å². The van der Waals surface area contributed by atoms with Crippen LogP contribution in [0.5, 0.6) is 0 Å². The number of amides is 1. The van der Waals surface area contributed by atoms with Crippen molar-refractivity contribution < 1.29 is 4.79 Å². The van der Waals surface area contributed by atoms with E-state index >= 15 is 0 Å². The molecule has 2 aromatic rings. The molecule has 0 unspecified atom stereocenters. The van der Waals surface area contributed by atoms with E-state index in [1.807, 2.05) is 24.4 Å².